The number of anilines is 1. The molecule has 2 saturated carbocycles. The Bertz CT molecular complexity index is 1040. The number of carbonyl (C=O) groups is 1. The molecule has 3 aliphatic rings. The number of halogens is 2. The van der Waals surface area contributed by atoms with Crippen LogP contribution in [0.25, 0.3) is 11.0 Å². The van der Waals surface area contributed by atoms with Crippen molar-refractivity contribution in [2.75, 3.05) is 44.7 Å². The van der Waals surface area contributed by atoms with E-state index < -0.39 is 11.6 Å². The van der Waals surface area contributed by atoms with Crippen molar-refractivity contribution in [2.45, 2.75) is 76.4 Å². The van der Waals surface area contributed by atoms with Crippen LogP contribution in [-0.4, -0.2) is 67.9 Å². The van der Waals surface area contributed by atoms with Gasteiger partial charge in [0.25, 0.3) is 0 Å². The Balaban J connectivity index is 0.985. The Labute approximate surface area is 217 Å². The number of nitrogens with one attached hydrogen (secondary N) is 1. The van der Waals surface area contributed by atoms with E-state index in [-0.39, 0.29) is 11.5 Å². The van der Waals surface area contributed by atoms with Gasteiger partial charge >= 0.3 is 0 Å². The number of amides is 1. The molecular formula is C28H40F2N4O3. The van der Waals surface area contributed by atoms with Crippen LogP contribution in [-0.2, 0) is 9.53 Å². The molecule has 0 atom stereocenters. The van der Waals surface area contributed by atoms with Crippen LogP contribution in [0.1, 0.15) is 64.2 Å². The van der Waals surface area contributed by atoms with Crippen molar-refractivity contribution >= 4 is 22.7 Å². The van der Waals surface area contributed by atoms with Crippen molar-refractivity contribution in [1.29, 1.82) is 0 Å². The van der Waals surface area contributed by atoms with Gasteiger partial charge in [-0.2, -0.15) is 0 Å². The van der Waals surface area contributed by atoms with Crippen molar-refractivity contribution in [1.82, 2.24) is 15.4 Å². The number of carbonyl (C=O) groups excluding carboxylic acids is 1. The number of aromatic nitrogens is 1. The molecule has 0 radical (unpaired) electrons. The molecule has 2 aliphatic carbocycles. The first-order valence-corrected chi connectivity index (χ1v) is 14.0. The highest BCUT2D eigenvalue weighted by Crippen LogP contribution is 2.31. The van der Waals surface area contributed by atoms with Gasteiger partial charge in [-0.1, -0.05) is 5.16 Å². The van der Waals surface area contributed by atoms with Crippen molar-refractivity contribution in [3.63, 3.8) is 0 Å². The topological polar surface area (TPSA) is 70.8 Å². The molecule has 204 valence electrons. The Morgan fingerprint density at radius 2 is 1.68 bits per heavy atom. The summed E-state index contributed by atoms with van der Waals surface area (Å²) in [7, 11) is 1.78. The third-order valence-corrected chi connectivity index (χ3v) is 8.83. The first-order chi connectivity index (χ1) is 18.0. The van der Waals surface area contributed by atoms with Crippen LogP contribution in [0.2, 0.25) is 0 Å². The lowest BCUT2D eigenvalue weighted by Crippen LogP contribution is -2.47. The smallest absolute Gasteiger partial charge is 0.220 e. The summed E-state index contributed by atoms with van der Waals surface area (Å²) in [6.45, 7) is 4.46. The first kappa shape index (κ1) is 26.4. The lowest BCUT2D eigenvalue weighted by atomic mass is 9.83. The van der Waals surface area contributed by atoms with Crippen LogP contribution in [0.4, 0.5) is 14.6 Å². The zero-order valence-electron chi connectivity index (χ0n) is 21.9. The molecule has 3 fully saturated rings. The third-order valence-electron chi connectivity index (χ3n) is 8.83. The molecule has 1 aliphatic heterocycles. The maximum absolute atomic E-state index is 13.7. The molecular weight excluding hydrogens is 478 g/mol. The molecule has 0 bridgehead atoms. The van der Waals surface area contributed by atoms with Crippen LogP contribution >= 0.6 is 0 Å². The average Bonchev–Trinajstić information content (AvgIpc) is 3.31. The number of ether oxygens (including phenoxy) is 1. The molecule has 2 heterocycles. The second kappa shape index (κ2) is 12.1. The van der Waals surface area contributed by atoms with E-state index in [4.69, 9.17) is 9.26 Å². The van der Waals surface area contributed by atoms with E-state index in [9.17, 15) is 13.6 Å². The summed E-state index contributed by atoms with van der Waals surface area (Å²) in [5.74, 6) is 0.251. The predicted octanol–water partition coefficient (Wildman–Crippen LogP) is 4.89. The molecule has 1 saturated heterocycles. The average molecular weight is 519 g/mol. The van der Waals surface area contributed by atoms with Crippen LogP contribution in [0, 0.1) is 23.5 Å². The van der Waals surface area contributed by atoms with E-state index >= 15 is 0 Å². The zero-order valence-corrected chi connectivity index (χ0v) is 21.9. The van der Waals surface area contributed by atoms with E-state index in [1.54, 1.807) is 7.11 Å². The number of piperazine rings is 1. The molecule has 5 rings (SSSR count). The number of nitrogens with zero attached hydrogens (tertiary/aromatic N) is 3. The van der Waals surface area contributed by atoms with E-state index in [1.165, 1.54) is 25.3 Å². The van der Waals surface area contributed by atoms with Gasteiger partial charge < -0.3 is 19.5 Å². The molecule has 1 amide bonds. The highest BCUT2D eigenvalue weighted by atomic mass is 19.2. The van der Waals surface area contributed by atoms with E-state index in [0.29, 0.717) is 41.6 Å². The number of fused-ring (bicyclic) bond motifs is 1. The molecule has 1 aromatic heterocycles. The van der Waals surface area contributed by atoms with Gasteiger partial charge in [-0.25, -0.2) is 8.78 Å². The largest absolute Gasteiger partial charge is 0.381 e. The first-order valence-electron chi connectivity index (χ1n) is 14.0. The minimum Gasteiger partial charge on any atom is -0.381 e. The van der Waals surface area contributed by atoms with Crippen molar-refractivity contribution in [2.24, 2.45) is 11.8 Å². The number of hydrogen-bond acceptors (Lipinski definition) is 6. The summed E-state index contributed by atoms with van der Waals surface area (Å²) in [5, 5.41) is 7.91. The van der Waals surface area contributed by atoms with E-state index in [1.807, 2.05) is 0 Å². The molecule has 9 heteroatoms. The molecule has 2 aromatic rings. The van der Waals surface area contributed by atoms with Gasteiger partial charge in [0.2, 0.25) is 5.91 Å². The van der Waals surface area contributed by atoms with Gasteiger partial charge in [0, 0.05) is 51.8 Å². The highest BCUT2D eigenvalue weighted by Gasteiger charge is 2.27. The van der Waals surface area contributed by atoms with E-state index in [2.05, 4.69) is 20.3 Å². The summed E-state index contributed by atoms with van der Waals surface area (Å²) in [5.41, 5.74) is 0.275. The third kappa shape index (κ3) is 6.60. The summed E-state index contributed by atoms with van der Waals surface area (Å²) < 4.78 is 37.9. The minimum atomic E-state index is -0.920. The molecule has 7 nitrogen and oxygen atoms in total. The lowest BCUT2D eigenvalue weighted by Gasteiger charge is -2.36. The predicted molar refractivity (Wildman–Crippen MR) is 138 cm³/mol. The second-order valence-corrected chi connectivity index (χ2v) is 11.3. The quantitative estimate of drug-likeness (QED) is 0.537. The summed E-state index contributed by atoms with van der Waals surface area (Å²) in [4.78, 5) is 17.1. The molecule has 0 unspecified atom stereocenters. The van der Waals surface area contributed by atoms with Crippen molar-refractivity contribution in [3.05, 3.63) is 23.8 Å². The van der Waals surface area contributed by atoms with Gasteiger partial charge in [-0.3, -0.25) is 9.69 Å². The number of methoxy groups -OCH3 is 1. The number of hydrogen-bond donors (Lipinski definition) is 1. The fourth-order valence-electron chi connectivity index (χ4n) is 6.41. The van der Waals surface area contributed by atoms with Gasteiger partial charge in [0.15, 0.2) is 23.0 Å². The summed E-state index contributed by atoms with van der Waals surface area (Å²) >= 11 is 0. The monoisotopic (exact) mass is 518 g/mol. The second-order valence-electron chi connectivity index (χ2n) is 11.3. The molecule has 1 aromatic carbocycles. The fourth-order valence-corrected chi connectivity index (χ4v) is 6.41. The Morgan fingerprint density at radius 1 is 1.00 bits per heavy atom. The summed E-state index contributed by atoms with van der Waals surface area (Å²) in [6.07, 6.45) is 11.1. The Hall–Kier alpha value is -2.26. The normalized spacial score (nSPS) is 27.5. The maximum atomic E-state index is 13.7. The molecule has 37 heavy (non-hydrogen) atoms. The number of benzene rings is 1. The van der Waals surface area contributed by atoms with Gasteiger partial charge in [0.1, 0.15) is 0 Å². The van der Waals surface area contributed by atoms with E-state index in [0.717, 1.165) is 77.3 Å². The summed E-state index contributed by atoms with van der Waals surface area (Å²) in [6, 6.07) is 2.57. The Morgan fingerprint density at radius 3 is 2.38 bits per heavy atom. The van der Waals surface area contributed by atoms with Crippen molar-refractivity contribution in [3.8, 4) is 0 Å². The zero-order chi connectivity index (χ0) is 25.8. The van der Waals surface area contributed by atoms with Gasteiger partial charge in [0.05, 0.1) is 11.5 Å². The van der Waals surface area contributed by atoms with Crippen LogP contribution in [0.3, 0.4) is 0 Å². The van der Waals surface area contributed by atoms with Crippen LogP contribution in [0.5, 0.6) is 0 Å². The lowest BCUT2D eigenvalue weighted by molar-refractivity contribution is -0.123. The molecule has 1 N–H and O–H groups in total. The number of rotatable bonds is 8. The van der Waals surface area contributed by atoms with Crippen LogP contribution in [0.15, 0.2) is 16.7 Å². The standard InChI is InChI=1S/C28H40F2N4O3/c1-36-22-8-4-20(5-9-22)16-27(35)31-21-6-2-19(3-7-21)10-11-33-12-14-34(15-13-33)28-23-17-24(29)25(30)18-26(23)37-32-28/h17-22H,2-16H2,1H3,(H,31,35). The van der Waals surface area contributed by atoms with Gasteiger partial charge in [-0.15, -0.1) is 0 Å². The highest BCUT2D eigenvalue weighted by molar-refractivity contribution is 5.88. The van der Waals surface area contributed by atoms with Gasteiger partial charge in [-0.05, 0) is 82.2 Å². The van der Waals surface area contributed by atoms with Crippen molar-refractivity contribution < 1.29 is 22.8 Å². The van der Waals surface area contributed by atoms with Crippen LogP contribution < -0.4 is 10.2 Å². The minimum absolute atomic E-state index is 0.231. The maximum Gasteiger partial charge on any atom is 0.220 e. The molecule has 0 spiro atoms. The SMILES string of the molecule is COC1CCC(CC(=O)NC2CCC(CCN3CCN(c4noc5cc(F)c(F)cc45)CC3)CC2)CC1. The Kier molecular flexibility index (Phi) is 8.60. The fraction of sp³-hybridized carbons (Fsp3) is 0.714.